The third-order valence-electron chi connectivity index (χ3n) is 4.26. The maximum absolute atomic E-state index is 12.5. The highest BCUT2D eigenvalue weighted by Crippen LogP contribution is 2.23. The average Bonchev–Trinajstić information content (AvgIpc) is 2.61. The summed E-state index contributed by atoms with van der Waals surface area (Å²) >= 11 is 5.93. The fourth-order valence-electron chi connectivity index (χ4n) is 2.75. The average molecular weight is 356 g/mol. The highest BCUT2D eigenvalue weighted by atomic mass is 35.5. The molecule has 0 atom stereocenters. The first kappa shape index (κ1) is 17.3. The Labute approximate surface area is 151 Å². The normalized spacial score (nSPS) is 16.0. The molecule has 1 fully saturated rings. The first-order valence-electron chi connectivity index (χ1n) is 8.05. The number of hydrogen-bond acceptors (Lipinski definition) is 3. The molecule has 0 aromatic heterocycles. The summed E-state index contributed by atoms with van der Waals surface area (Å²) < 4.78 is 0. The largest absolute Gasteiger partial charge is 0.508 e. The second-order valence-corrected chi connectivity index (χ2v) is 6.57. The number of carbonyl (C=O) groups excluding carboxylic acids is 1. The first-order valence-corrected chi connectivity index (χ1v) is 8.42. The van der Waals surface area contributed by atoms with Crippen LogP contribution < -0.4 is 0 Å². The number of phenols is 1. The number of aliphatic hydroxyl groups is 1. The van der Waals surface area contributed by atoms with Gasteiger partial charge in [0.15, 0.2) is 0 Å². The number of halogens is 1. The van der Waals surface area contributed by atoms with Crippen molar-refractivity contribution in [2.45, 2.75) is 18.4 Å². The number of hydrogen-bond donors (Lipinski definition) is 2. The molecule has 0 unspecified atom stereocenters. The van der Waals surface area contributed by atoms with Gasteiger partial charge < -0.3 is 15.1 Å². The van der Waals surface area contributed by atoms with E-state index in [0.29, 0.717) is 36.5 Å². The molecule has 0 spiro atoms. The number of phenolic OH excluding ortho intramolecular Hbond substituents is 1. The zero-order chi connectivity index (χ0) is 17.9. The van der Waals surface area contributed by atoms with Crippen LogP contribution >= 0.6 is 11.6 Å². The fourth-order valence-corrected chi connectivity index (χ4v) is 2.94. The molecular formula is C20H18ClNO3. The molecule has 0 aliphatic carbocycles. The molecule has 2 aromatic rings. The third-order valence-corrected chi connectivity index (χ3v) is 4.49. The van der Waals surface area contributed by atoms with Gasteiger partial charge in [0.1, 0.15) is 11.4 Å². The van der Waals surface area contributed by atoms with Crippen molar-refractivity contribution in [2.24, 2.45) is 0 Å². The highest BCUT2D eigenvalue weighted by Gasteiger charge is 2.32. The van der Waals surface area contributed by atoms with E-state index in [9.17, 15) is 15.0 Å². The van der Waals surface area contributed by atoms with Crippen LogP contribution in [0.1, 0.15) is 28.8 Å². The first-order chi connectivity index (χ1) is 12.0. The third kappa shape index (κ3) is 4.33. The Hall–Kier alpha value is -2.48. The van der Waals surface area contributed by atoms with E-state index in [1.54, 1.807) is 29.2 Å². The Morgan fingerprint density at radius 3 is 2.44 bits per heavy atom. The molecule has 4 nitrogen and oxygen atoms in total. The Bertz CT molecular complexity index is 828. The van der Waals surface area contributed by atoms with Gasteiger partial charge in [-0.3, -0.25) is 4.79 Å². The summed E-state index contributed by atoms with van der Waals surface area (Å²) in [5.74, 6) is 5.91. The Morgan fingerprint density at radius 2 is 1.80 bits per heavy atom. The van der Waals surface area contributed by atoms with Crippen LogP contribution in [0.5, 0.6) is 5.75 Å². The predicted molar refractivity (Wildman–Crippen MR) is 96.5 cm³/mol. The Balaban J connectivity index is 1.65. The number of likely N-dealkylation sites (tertiary alicyclic amines) is 1. The van der Waals surface area contributed by atoms with Crippen molar-refractivity contribution in [2.75, 3.05) is 13.1 Å². The summed E-state index contributed by atoms with van der Waals surface area (Å²) in [7, 11) is 0. The van der Waals surface area contributed by atoms with E-state index in [2.05, 4.69) is 11.8 Å². The molecule has 1 aliphatic rings. The molecule has 1 amide bonds. The van der Waals surface area contributed by atoms with Crippen LogP contribution in [-0.4, -0.2) is 39.7 Å². The second kappa shape index (κ2) is 7.18. The summed E-state index contributed by atoms with van der Waals surface area (Å²) in [5.41, 5.74) is 0.172. The lowest BCUT2D eigenvalue weighted by Crippen LogP contribution is -2.46. The van der Waals surface area contributed by atoms with Crippen LogP contribution in [0.3, 0.4) is 0 Å². The van der Waals surface area contributed by atoms with Crippen molar-refractivity contribution in [1.29, 1.82) is 0 Å². The topological polar surface area (TPSA) is 60.8 Å². The zero-order valence-corrected chi connectivity index (χ0v) is 14.3. The van der Waals surface area contributed by atoms with Gasteiger partial charge in [0, 0.05) is 42.1 Å². The van der Waals surface area contributed by atoms with Gasteiger partial charge in [-0.1, -0.05) is 29.5 Å². The second-order valence-electron chi connectivity index (χ2n) is 6.13. The van der Waals surface area contributed by atoms with Gasteiger partial charge in [-0.2, -0.15) is 0 Å². The lowest BCUT2D eigenvalue weighted by atomic mass is 9.91. The SMILES string of the molecule is O=C(c1ccc(O)cc1)N1CCC(O)(C#Cc2cccc(Cl)c2)CC1. The number of nitrogens with zero attached hydrogens (tertiary/aromatic N) is 1. The molecular weight excluding hydrogens is 338 g/mol. The molecule has 2 aromatic carbocycles. The van der Waals surface area contributed by atoms with E-state index in [4.69, 9.17) is 11.6 Å². The number of amides is 1. The molecule has 0 saturated carbocycles. The van der Waals surface area contributed by atoms with Crippen molar-refractivity contribution in [3.8, 4) is 17.6 Å². The van der Waals surface area contributed by atoms with Gasteiger partial charge in [0.25, 0.3) is 5.91 Å². The number of aromatic hydroxyl groups is 1. The van der Waals surface area contributed by atoms with Crippen molar-refractivity contribution >= 4 is 17.5 Å². The van der Waals surface area contributed by atoms with Gasteiger partial charge in [-0.25, -0.2) is 0 Å². The van der Waals surface area contributed by atoms with Crippen molar-refractivity contribution in [3.05, 3.63) is 64.7 Å². The highest BCUT2D eigenvalue weighted by molar-refractivity contribution is 6.30. The van der Waals surface area contributed by atoms with Gasteiger partial charge in [-0.15, -0.1) is 0 Å². The number of benzene rings is 2. The molecule has 1 heterocycles. The molecule has 1 saturated heterocycles. The maximum Gasteiger partial charge on any atom is 0.253 e. The van der Waals surface area contributed by atoms with Crippen LogP contribution in [0, 0.1) is 11.8 Å². The monoisotopic (exact) mass is 355 g/mol. The van der Waals surface area contributed by atoms with E-state index in [0.717, 1.165) is 5.56 Å². The van der Waals surface area contributed by atoms with Gasteiger partial charge in [-0.05, 0) is 42.5 Å². The Kier molecular flexibility index (Phi) is 4.98. The number of carbonyl (C=O) groups is 1. The lowest BCUT2D eigenvalue weighted by molar-refractivity contribution is 0.0249. The summed E-state index contributed by atoms with van der Waals surface area (Å²) in [6.07, 6.45) is 0.786. The molecule has 1 aliphatic heterocycles. The van der Waals surface area contributed by atoms with E-state index < -0.39 is 5.60 Å². The van der Waals surface area contributed by atoms with Crippen LogP contribution in [0.2, 0.25) is 5.02 Å². The number of piperidine rings is 1. The summed E-state index contributed by atoms with van der Waals surface area (Å²) in [4.78, 5) is 14.1. The van der Waals surface area contributed by atoms with Gasteiger partial charge in [0.05, 0.1) is 0 Å². The standard InChI is InChI=1S/C20H18ClNO3/c21-17-3-1-2-15(14-17)8-9-20(25)10-12-22(13-11-20)19(24)16-4-6-18(23)7-5-16/h1-7,14,23,25H,10-13H2. The summed E-state index contributed by atoms with van der Waals surface area (Å²) in [6, 6.07) is 13.3. The van der Waals surface area contributed by atoms with Crippen LogP contribution in [0.25, 0.3) is 0 Å². The van der Waals surface area contributed by atoms with E-state index in [1.807, 2.05) is 12.1 Å². The minimum absolute atomic E-state index is 0.107. The summed E-state index contributed by atoms with van der Waals surface area (Å²) in [6.45, 7) is 0.862. The molecule has 128 valence electrons. The molecule has 0 bridgehead atoms. The smallest absolute Gasteiger partial charge is 0.253 e. The minimum Gasteiger partial charge on any atom is -0.508 e. The number of rotatable bonds is 1. The van der Waals surface area contributed by atoms with Gasteiger partial charge >= 0.3 is 0 Å². The minimum atomic E-state index is -1.10. The van der Waals surface area contributed by atoms with Gasteiger partial charge in [0.2, 0.25) is 0 Å². The summed E-state index contributed by atoms with van der Waals surface area (Å²) in [5, 5.41) is 20.5. The van der Waals surface area contributed by atoms with Crippen LogP contribution in [0.15, 0.2) is 48.5 Å². The molecule has 0 radical (unpaired) electrons. The van der Waals surface area contributed by atoms with E-state index in [-0.39, 0.29) is 11.7 Å². The Morgan fingerprint density at radius 1 is 1.12 bits per heavy atom. The van der Waals surface area contributed by atoms with E-state index >= 15 is 0 Å². The predicted octanol–water partition coefficient (Wildman–Crippen LogP) is 3.06. The van der Waals surface area contributed by atoms with Crippen LogP contribution in [0.4, 0.5) is 0 Å². The van der Waals surface area contributed by atoms with Crippen LogP contribution in [-0.2, 0) is 0 Å². The molecule has 5 heteroatoms. The lowest BCUT2D eigenvalue weighted by Gasteiger charge is -2.35. The molecule has 25 heavy (non-hydrogen) atoms. The quantitative estimate of drug-likeness (QED) is 0.773. The zero-order valence-electron chi connectivity index (χ0n) is 13.6. The van der Waals surface area contributed by atoms with Crippen molar-refractivity contribution in [1.82, 2.24) is 4.90 Å². The van der Waals surface area contributed by atoms with E-state index in [1.165, 1.54) is 12.1 Å². The molecule has 2 N–H and O–H groups in total. The van der Waals surface area contributed by atoms with Crippen molar-refractivity contribution < 1.29 is 15.0 Å². The maximum atomic E-state index is 12.5. The fraction of sp³-hybridized carbons (Fsp3) is 0.250. The van der Waals surface area contributed by atoms with Crippen molar-refractivity contribution in [3.63, 3.8) is 0 Å². The molecule has 3 rings (SSSR count).